The SMILES string of the molecule is O=C(CN(Cc1ccccc1)S(=O)(=O)c1ccc(F)cc1)Nc1cccc(Br)c1. The van der Waals surface area contributed by atoms with E-state index < -0.39 is 21.7 Å². The Morgan fingerprint density at radius 3 is 2.31 bits per heavy atom. The molecule has 0 aliphatic heterocycles. The van der Waals surface area contributed by atoms with Crippen LogP contribution in [-0.4, -0.2) is 25.2 Å². The number of carbonyl (C=O) groups is 1. The van der Waals surface area contributed by atoms with E-state index in [1.807, 2.05) is 12.1 Å². The van der Waals surface area contributed by atoms with Gasteiger partial charge in [0.2, 0.25) is 15.9 Å². The third-order valence-electron chi connectivity index (χ3n) is 4.08. The van der Waals surface area contributed by atoms with Gasteiger partial charge in [0.05, 0.1) is 11.4 Å². The van der Waals surface area contributed by atoms with Crippen LogP contribution in [0.2, 0.25) is 0 Å². The maximum absolute atomic E-state index is 13.2. The lowest BCUT2D eigenvalue weighted by molar-refractivity contribution is -0.116. The molecule has 0 fully saturated rings. The number of hydrogen-bond acceptors (Lipinski definition) is 3. The van der Waals surface area contributed by atoms with E-state index >= 15 is 0 Å². The zero-order valence-electron chi connectivity index (χ0n) is 15.3. The number of amides is 1. The van der Waals surface area contributed by atoms with Crippen molar-refractivity contribution in [3.05, 3.63) is 94.7 Å². The monoisotopic (exact) mass is 476 g/mol. The number of hydrogen-bond donors (Lipinski definition) is 1. The van der Waals surface area contributed by atoms with Crippen molar-refractivity contribution in [3.63, 3.8) is 0 Å². The van der Waals surface area contributed by atoms with E-state index in [-0.39, 0.29) is 18.0 Å². The Kier molecular flexibility index (Phi) is 6.79. The Morgan fingerprint density at radius 1 is 0.966 bits per heavy atom. The predicted octanol–water partition coefficient (Wildman–Crippen LogP) is 4.42. The van der Waals surface area contributed by atoms with Crippen molar-refractivity contribution in [1.29, 1.82) is 0 Å². The number of nitrogens with zero attached hydrogens (tertiary/aromatic N) is 1. The minimum atomic E-state index is -4.01. The highest BCUT2D eigenvalue weighted by atomic mass is 79.9. The summed E-state index contributed by atoms with van der Waals surface area (Å²) in [7, 11) is -4.01. The molecule has 0 aliphatic carbocycles. The molecule has 1 amide bonds. The van der Waals surface area contributed by atoms with Crippen LogP contribution in [-0.2, 0) is 21.4 Å². The van der Waals surface area contributed by atoms with E-state index in [0.717, 1.165) is 26.5 Å². The minimum absolute atomic E-state index is 0.00640. The van der Waals surface area contributed by atoms with Gasteiger partial charge in [-0.3, -0.25) is 4.79 Å². The summed E-state index contributed by atoms with van der Waals surface area (Å²) < 4.78 is 41.3. The molecule has 3 aromatic carbocycles. The first-order valence-electron chi connectivity index (χ1n) is 8.70. The lowest BCUT2D eigenvalue weighted by atomic mass is 10.2. The average molecular weight is 477 g/mol. The third kappa shape index (κ3) is 5.72. The molecule has 0 saturated carbocycles. The molecule has 3 rings (SSSR count). The fourth-order valence-corrected chi connectivity index (χ4v) is 4.48. The summed E-state index contributed by atoms with van der Waals surface area (Å²) in [5.74, 6) is -1.02. The quantitative estimate of drug-likeness (QED) is 0.548. The van der Waals surface area contributed by atoms with Crippen molar-refractivity contribution in [2.45, 2.75) is 11.4 Å². The molecule has 0 spiro atoms. The summed E-state index contributed by atoms with van der Waals surface area (Å²) in [6.45, 7) is -0.381. The predicted molar refractivity (Wildman–Crippen MR) is 113 cm³/mol. The molecule has 0 atom stereocenters. The molecular weight excluding hydrogens is 459 g/mol. The van der Waals surface area contributed by atoms with E-state index in [1.165, 1.54) is 12.1 Å². The highest BCUT2D eigenvalue weighted by Crippen LogP contribution is 2.20. The summed E-state index contributed by atoms with van der Waals surface area (Å²) >= 11 is 3.33. The summed E-state index contributed by atoms with van der Waals surface area (Å²) in [6.07, 6.45) is 0. The van der Waals surface area contributed by atoms with Gasteiger partial charge in [0.15, 0.2) is 0 Å². The highest BCUT2D eigenvalue weighted by molar-refractivity contribution is 9.10. The van der Waals surface area contributed by atoms with Gasteiger partial charge in [-0.05, 0) is 48.0 Å². The van der Waals surface area contributed by atoms with Gasteiger partial charge in [0.25, 0.3) is 0 Å². The Hall–Kier alpha value is -2.55. The molecule has 0 unspecified atom stereocenters. The summed E-state index contributed by atoms with van der Waals surface area (Å²) in [5, 5.41) is 2.70. The first-order chi connectivity index (χ1) is 13.8. The average Bonchev–Trinajstić information content (AvgIpc) is 2.68. The zero-order valence-corrected chi connectivity index (χ0v) is 17.7. The minimum Gasteiger partial charge on any atom is -0.325 e. The van der Waals surface area contributed by atoms with Crippen molar-refractivity contribution in [2.24, 2.45) is 0 Å². The van der Waals surface area contributed by atoms with Crippen LogP contribution >= 0.6 is 15.9 Å². The molecule has 0 bridgehead atoms. The Bertz CT molecular complexity index is 1090. The second kappa shape index (κ2) is 9.30. The Morgan fingerprint density at radius 2 is 1.66 bits per heavy atom. The molecule has 1 N–H and O–H groups in total. The van der Waals surface area contributed by atoms with E-state index in [4.69, 9.17) is 0 Å². The largest absolute Gasteiger partial charge is 0.325 e. The maximum Gasteiger partial charge on any atom is 0.243 e. The summed E-state index contributed by atoms with van der Waals surface area (Å²) in [5.41, 5.74) is 1.27. The highest BCUT2D eigenvalue weighted by Gasteiger charge is 2.27. The standard InChI is InChI=1S/C21H18BrFN2O3S/c22-17-7-4-8-19(13-17)24-21(26)15-25(14-16-5-2-1-3-6-16)29(27,28)20-11-9-18(23)10-12-20/h1-13H,14-15H2,(H,24,26). The normalized spacial score (nSPS) is 11.4. The van der Waals surface area contributed by atoms with Gasteiger partial charge in [-0.2, -0.15) is 4.31 Å². The molecule has 3 aromatic rings. The molecule has 8 heteroatoms. The molecule has 0 aromatic heterocycles. The van der Waals surface area contributed by atoms with Crippen LogP contribution in [0.4, 0.5) is 10.1 Å². The van der Waals surface area contributed by atoms with Crippen LogP contribution in [0.25, 0.3) is 0 Å². The van der Waals surface area contributed by atoms with Crippen LogP contribution in [0.1, 0.15) is 5.56 Å². The lowest BCUT2D eigenvalue weighted by Gasteiger charge is -2.22. The van der Waals surface area contributed by atoms with Crippen molar-refractivity contribution >= 4 is 37.5 Å². The van der Waals surface area contributed by atoms with E-state index in [9.17, 15) is 17.6 Å². The first-order valence-corrected chi connectivity index (χ1v) is 10.9. The van der Waals surface area contributed by atoms with Crippen molar-refractivity contribution in [3.8, 4) is 0 Å². The number of anilines is 1. The molecule has 0 radical (unpaired) electrons. The van der Waals surface area contributed by atoms with Crippen molar-refractivity contribution in [2.75, 3.05) is 11.9 Å². The number of halogens is 2. The number of rotatable bonds is 7. The lowest BCUT2D eigenvalue weighted by Crippen LogP contribution is -2.37. The van der Waals surface area contributed by atoms with Crippen molar-refractivity contribution in [1.82, 2.24) is 4.31 Å². The maximum atomic E-state index is 13.2. The second-order valence-electron chi connectivity index (χ2n) is 6.27. The van der Waals surface area contributed by atoms with Crippen LogP contribution in [0.15, 0.2) is 88.2 Å². The van der Waals surface area contributed by atoms with Crippen LogP contribution < -0.4 is 5.32 Å². The van der Waals surface area contributed by atoms with Gasteiger partial charge in [-0.1, -0.05) is 52.3 Å². The van der Waals surface area contributed by atoms with Crippen LogP contribution in [0.3, 0.4) is 0 Å². The molecule has 0 aliphatic rings. The van der Waals surface area contributed by atoms with Gasteiger partial charge in [-0.15, -0.1) is 0 Å². The van der Waals surface area contributed by atoms with Gasteiger partial charge in [0, 0.05) is 16.7 Å². The van der Waals surface area contributed by atoms with E-state index in [2.05, 4.69) is 21.2 Å². The Labute approximate surface area is 177 Å². The molecule has 5 nitrogen and oxygen atoms in total. The number of benzene rings is 3. The van der Waals surface area contributed by atoms with Crippen LogP contribution in [0, 0.1) is 5.82 Å². The molecule has 150 valence electrons. The zero-order chi connectivity index (χ0) is 20.9. The van der Waals surface area contributed by atoms with Gasteiger partial charge in [0.1, 0.15) is 5.82 Å². The molecule has 29 heavy (non-hydrogen) atoms. The van der Waals surface area contributed by atoms with E-state index in [1.54, 1.807) is 42.5 Å². The third-order valence-corrected chi connectivity index (χ3v) is 6.38. The Balaban J connectivity index is 1.86. The van der Waals surface area contributed by atoms with Crippen LogP contribution in [0.5, 0.6) is 0 Å². The summed E-state index contributed by atoms with van der Waals surface area (Å²) in [6, 6.07) is 20.5. The second-order valence-corrected chi connectivity index (χ2v) is 9.12. The number of sulfonamides is 1. The molecule has 0 heterocycles. The molecular formula is C21H18BrFN2O3S. The van der Waals surface area contributed by atoms with Gasteiger partial charge in [-0.25, -0.2) is 12.8 Å². The smallest absolute Gasteiger partial charge is 0.243 e. The fourth-order valence-electron chi connectivity index (χ4n) is 2.70. The summed E-state index contributed by atoms with van der Waals surface area (Å²) in [4.78, 5) is 12.5. The fraction of sp³-hybridized carbons (Fsp3) is 0.0952. The van der Waals surface area contributed by atoms with Crippen molar-refractivity contribution < 1.29 is 17.6 Å². The topological polar surface area (TPSA) is 66.5 Å². The van der Waals surface area contributed by atoms with E-state index in [0.29, 0.717) is 5.69 Å². The first kappa shape index (κ1) is 21.2. The number of carbonyl (C=O) groups excluding carboxylic acids is 1. The van der Waals surface area contributed by atoms with Gasteiger partial charge >= 0.3 is 0 Å². The number of nitrogens with one attached hydrogen (secondary N) is 1. The van der Waals surface area contributed by atoms with Gasteiger partial charge < -0.3 is 5.32 Å². The molecule has 0 saturated heterocycles.